The lowest BCUT2D eigenvalue weighted by Gasteiger charge is -2.42. The number of nitrogens with zero attached hydrogens (tertiary/aromatic N) is 1. The van der Waals surface area contributed by atoms with E-state index in [0.29, 0.717) is 55.3 Å². The zero-order chi connectivity index (χ0) is 19.2. The summed E-state index contributed by atoms with van der Waals surface area (Å²) >= 11 is 0. The summed E-state index contributed by atoms with van der Waals surface area (Å²) in [6, 6.07) is 0. The highest BCUT2D eigenvalue weighted by Gasteiger charge is 2.37. The van der Waals surface area contributed by atoms with E-state index in [1.165, 1.54) is 6.42 Å². The van der Waals surface area contributed by atoms with E-state index in [4.69, 9.17) is 14.2 Å². The van der Waals surface area contributed by atoms with Gasteiger partial charge in [-0.15, -0.1) is 0 Å². The van der Waals surface area contributed by atoms with E-state index < -0.39 is 6.10 Å². The van der Waals surface area contributed by atoms with Gasteiger partial charge in [0.05, 0.1) is 32.5 Å². The van der Waals surface area contributed by atoms with Gasteiger partial charge in [-0.05, 0) is 37.5 Å². The van der Waals surface area contributed by atoms with Gasteiger partial charge in [0, 0.05) is 0 Å². The lowest BCUT2D eigenvalue weighted by molar-refractivity contribution is -0.931. The van der Waals surface area contributed by atoms with E-state index in [1.54, 1.807) is 0 Å². The number of aliphatic hydroxyl groups is 1. The molecule has 1 heterocycles. The number of morpholine rings is 1. The van der Waals surface area contributed by atoms with E-state index in [1.807, 2.05) is 6.92 Å². The summed E-state index contributed by atoms with van der Waals surface area (Å²) in [7, 11) is 0. The van der Waals surface area contributed by atoms with Crippen LogP contribution in [-0.4, -0.2) is 80.4 Å². The molecule has 2 aliphatic rings. The number of ether oxygens (including phenoxy) is 3. The molecule has 0 amide bonds. The lowest BCUT2D eigenvalue weighted by Crippen LogP contribution is -2.60. The summed E-state index contributed by atoms with van der Waals surface area (Å²) in [5.74, 6) is 0.452. The van der Waals surface area contributed by atoms with Gasteiger partial charge in [0.25, 0.3) is 0 Å². The van der Waals surface area contributed by atoms with E-state index in [0.717, 1.165) is 25.9 Å². The van der Waals surface area contributed by atoms with Crippen LogP contribution >= 0.6 is 0 Å². The van der Waals surface area contributed by atoms with Crippen LogP contribution in [0, 0.1) is 11.3 Å². The van der Waals surface area contributed by atoms with Crippen LogP contribution in [0.4, 0.5) is 0 Å². The van der Waals surface area contributed by atoms with Crippen LogP contribution in [0.15, 0.2) is 0 Å². The first-order chi connectivity index (χ1) is 12.2. The van der Waals surface area contributed by atoms with Crippen molar-refractivity contribution in [2.75, 3.05) is 52.6 Å². The molecule has 6 heteroatoms. The molecule has 0 aromatic heterocycles. The molecule has 2 fully saturated rings. The topological polar surface area (TPSA) is 65.0 Å². The molecule has 0 radical (unpaired) electrons. The lowest BCUT2D eigenvalue weighted by atomic mass is 9.71. The SMILES string of the molecule is CCOC(=O)C[N+]1(C[C@H](O)CO[C@H]2C[C@@H](C)CC(C)(C)C2)CCOCC1. The minimum absolute atomic E-state index is 0.203. The standard InChI is InChI=1S/C20H38NO5/c1-5-25-19(23)14-21(6-8-24-9-7-21)13-17(22)15-26-18-10-16(2)11-20(3,4)12-18/h16-18,22H,5-15H2,1-4H3/q+1/t16-,17+,18+/m1/s1. The number of carbonyl (C=O) groups excluding carboxylic acids is 1. The summed E-state index contributed by atoms with van der Waals surface area (Å²) in [5.41, 5.74) is 0.301. The Hall–Kier alpha value is -0.690. The van der Waals surface area contributed by atoms with Crippen molar-refractivity contribution in [3.63, 3.8) is 0 Å². The summed E-state index contributed by atoms with van der Waals surface area (Å²) in [6.45, 7) is 12.9. The van der Waals surface area contributed by atoms with Gasteiger partial charge in [-0.1, -0.05) is 20.8 Å². The smallest absolute Gasteiger partial charge is 0.361 e. The maximum absolute atomic E-state index is 12.0. The Bertz CT molecular complexity index is 447. The van der Waals surface area contributed by atoms with Crippen molar-refractivity contribution in [2.45, 2.75) is 59.2 Å². The monoisotopic (exact) mass is 372 g/mol. The van der Waals surface area contributed by atoms with Crippen molar-refractivity contribution < 1.29 is 28.6 Å². The second kappa shape index (κ2) is 9.49. The number of hydrogen-bond donors (Lipinski definition) is 1. The second-order valence-corrected chi connectivity index (χ2v) is 9.07. The molecule has 3 atom stereocenters. The summed E-state index contributed by atoms with van der Waals surface area (Å²) in [5, 5.41) is 10.6. The van der Waals surface area contributed by atoms with E-state index >= 15 is 0 Å². The molecule has 1 saturated heterocycles. The molecule has 6 nitrogen and oxygen atoms in total. The van der Waals surface area contributed by atoms with Crippen LogP contribution in [0.1, 0.15) is 47.0 Å². The predicted octanol–water partition coefficient (Wildman–Crippen LogP) is 1.99. The number of aliphatic hydroxyl groups excluding tert-OH is 1. The maximum Gasteiger partial charge on any atom is 0.361 e. The van der Waals surface area contributed by atoms with E-state index in [9.17, 15) is 9.90 Å². The summed E-state index contributed by atoms with van der Waals surface area (Å²) in [4.78, 5) is 12.0. The molecular weight excluding hydrogens is 334 g/mol. The Morgan fingerprint density at radius 2 is 2.00 bits per heavy atom. The van der Waals surface area contributed by atoms with Crippen LogP contribution in [0.25, 0.3) is 0 Å². The first-order valence-electron chi connectivity index (χ1n) is 10.1. The Kier molecular flexibility index (Phi) is 7.89. The fraction of sp³-hybridized carbons (Fsp3) is 0.950. The van der Waals surface area contributed by atoms with Gasteiger partial charge in [0.2, 0.25) is 0 Å². The molecule has 0 aromatic rings. The minimum atomic E-state index is -0.581. The first kappa shape index (κ1) is 21.6. The van der Waals surface area contributed by atoms with Crippen molar-refractivity contribution in [1.29, 1.82) is 0 Å². The molecule has 1 aliphatic heterocycles. The highest BCUT2D eigenvalue weighted by Crippen LogP contribution is 2.39. The average molecular weight is 373 g/mol. The van der Waals surface area contributed by atoms with Crippen LogP contribution < -0.4 is 0 Å². The highest BCUT2D eigenvalue weighted by molar-refractivity contribution is 5.70. The third kappa shape index (κ3) is 6.80. The number of quaternary nitrogens is 1. The normalized spacial score (nSPS) is 29.1. The molecule has 0 bridgehead atoms. The Balaban J connectivity index is 1.86. The maximum atomic E-state index is 12.0. The van der Waals surface area contributed by atoms with Crippen molar-refractivity contribution in [3.05, 3.63) is 0 Å². The Morgan fingerprint density at radius 3 is 2.62 bits per heavy atom. The summed E-state index contributed by atoms with van der Waals surface area (Å²) < 4.78 is 17.2. The van der Waals surface area contributed by atoms with Gasteiger partial charge < -0.3 is 23.8 Å². The molecule has 0 spiro atoms. The van der Waals surface area contributed by atoms with Crippen molar-refractivity contribution >= 4 is 5.97 Å². The minimum Gasteiger partial charge on any atom is -0.462 e. The number of rotatable bonds is 8. The van der Waals surface area contributed by atoms with Crippen LogP contribution in [0.5, 0.6) is 0 Å². The van der Waals surface area contributed by atoms with Crippen LogP contribution in [-0.2, 0) is 19.0 Å². The predicted molar refractivity (Wildman–Crippen MR) is 99.7 cm³/mol. The van der Waals surface area contributed by atoms with E-state index in [-0.39, 0.29) is 12.1 Å². The Morgan fingerprint density at radius 1 is 1.31 bits per heavy atom. The van der Waals surface area contributed by atoms with Crippen molar-refractivity contribution in [3.8, 4) is 0 Å². The molecule has 26 heavy (non-hydrogen) atoms. The fourth-order valence-corrected chi connectivity index (χ4v) is 4.75. The fourth-order valence-electron chi connectivity index (χ4n) is 4.75. The molecule has 1 N–H and O–H groups in total. The molecule has 2 rings (SSSR count). The molecule has 1 saturated carbocycles. The largest absolute Gasteiger partial charge is 0.462 e. The van der Waals surface area contributed by atoms with Crippen molar-refractivity contribution in [1.82, 2.24) is 0 Å². The molecule has 152 valence electrons. The van der Waals surface area contributed by atoms with Gasteiger partial charge in [0.15, 0.2) is 6.54 Å². The first-order valence-corrected chi connectivity index (χ1v) is 10.1. The van der Waals surface area contributed by atoms with Crippen molar-refractivity contribution in [2.24, 2.45) is 11.3 Å². The van der Waals surface area contributed by atoms with Crippen LogP contribution in [0.2, 0.25) is 0 Å². The zero-order valence-corrected chi connectivity index (χ0v) is 17.0. The number of hydrogen-bond acceptors (Lipinski definition) is 5. The third-order valence-corrected chi connectivity index (χ3v) is 5.66. The van der Waals surface area contributed by atoms with Crippen LogP contribution in [0.3, 0.4) is 0 Å². The molecule has 0 unspecified atom stereocenters. The molecule has 0 aromatic carbocycles. The summed E-state index contributed by atoms with van der Waals surface area (Å²) in [6.07, 6.45) is 2.97. The Labute approximate surface area is 158 Å². The highest BCUT2D eigenvalue weighted by atomic mass is 16.5. The van der Waals surface area contributed by atoms with Gasteiger partial charge >= 0.3 is 5.97 Å². The average Bonchev–Trinajstić information content (AvgIpc) is 2.52. The molecular formula is C20H38NO5+. The number of esters is 1. The quantitative estimate of drug-likeness (QED) is 0.521. The molecule has 1 aliphatic carbocycles. The second-order valence-electron chi connectivity index (χ2n) is 9.07. The van der Waals surface area contributed by atoms with Gasteiger partial charge in [-0.2, -0.15) is 0 Å². The van der Waals surface area contributed by atoms with Gasteiger partial charge in [-0.3, -0.25) is 0 Å². The van der Waals surface area contributed by atoms with Gasteiger partial charge in [-0.25, -0.2) is 4.79 Å². The third-order valence-electron chi connectivity index (χ3n) is 5.66. The van der Waals surface area contributed by atoms with E-state index in [2.05, 4.69) is 20.8 Å². The number of carbonyl (C=O) groups is 1. The van der Waals surface area contributed by atoms with Gasteiger partial charge in [0.1, 0.15) is 25.7 Å². The zero-order valence-electron chi connectivity index (χ0n) is 17.0.